The highest BCUT2D eigenvalue weighted by atomic mass is 19.1. The number of Topliss-reactive ketones (excluding diaryl/α,β-unsaturated/α-hetero) is 1. The van der Waals surface area contributed by atoms with E-state index in [1.807, 2.05) is 0 Å². The van der Waals surface area contributed by atoms with Gasteiger partial charge in [-0.15, -0.1) is 0 Å². The zero-order chi connectivity index (χ0) is 8.43. The summed E-state index contributed by atoms with van der Waals surface area (Å²) in [6.07, 6.45) is 0.996. The van der Waals surface area contributed by atoms with Gasteiger partial charge in [0.15, 0.2) is 5.78 Å². The lowest BCUT2D eigenvalue weighted by Gasteiger charge is -2.02. The SMILES string of the molecule is CC1=C(CC(C)F)CCC1=O. The standard InChI is InChI=1S/C9H13FO/c1-6(10)5-8-3-4-9(11)7(8)2/h6H,3-5H2,1-2H3. The number of alkyl halides is 1. The van der Waals surface area contributed by atoms with Crippen LogP contribution in [-0.4, -0.2) is 12.0 Å². The molecule has 1 aliphatic rings. The predicted molar refractivity (Wildman–Crippen MR) is 42.1 cm³/mol. The van der Waals surface area contributed by atoms with Gasteiger partial charge in [-0.05, 0) is 32.3 Å². The van der Waals surface area contributed by atoms with Gasteiger partial charge in [0.2, 0.25) is 0 Å². The lowest BCUT2D eigenvalue weighted by Crippen LogP contribution is -1.95. The van der Waals surface area contributed by atoms with E-state index in [9.17, 15) is 9.18 Å². The molecule has 0 saturated heterocycles. The molecule has 1 unspecified atom stereocenters. The second-order valence-corrected chi connectivity index (χ2v) is 3.14. The van der Waals surface area contributed by atoms with Crippen molar-refractivity contribution in [2.24, 2.45) is 0 Å². The van der Waals surface area contributed by atoms with Crippen LogP contribution in [0.1, 0.15) is 33.1 Å². The molecule has 0 spiro atoms. The van der Waals surface area contributed by atoms with Crippen LogP contribution in [-0.2, 0) is 4.79 Å². The molecule has 1 atom stereocenters. The summed E-state index contributed by atoms with van der Waals surface area (Å²) in [5.74, 6) is 0.195. The first-order valence-electron chi connectivity index (χ1n) is 3.97. The van der Waals surface area contributed by atoms with E-state index >= 15 is 0 Å². The van der Waals surface area contributed by atoms with Gasteiger partial charge in [0, 0.05) is 6.42 Å². The highest BCUT2D eigenvalue weighted by Gasteiger charge is 2.19. The maximum atomic E-state index is 12.5. The molecule has 0 aromatic rings. The Kier molecular flexibility index (Phi) is 2.42. The molecule has 0 amide bonds. The van der Waals surface area contributed by atoms with Crippen LogP contribution in [0, 0.1) is 0 Å². The van der Waals surface area contributed by atoms with Crippen molar-refractivity contribution >= 4 is 5.78 Å². The lowest BCUT2D eigenvalue weighted by molar-refractivity contribution is -0.114. The Morgan fingerprint density at radius 3 is 2.55 bits per heavy atom. The number of carbonyl (C=O) groups excluding carboxylic acids is 1. The molecule has 2 heteroatoms. The number of halogens is 1. The minimum Gasteiger partial charge on any atom is -0.295 e. The topological polar surface area (TPSA) is 17.1 Å². The van der Waals surface area contributed by atoms with E-state index in [4.69, 9.17) is 0 Å². The van der Waals surface area contributed by atoms with Crippen LogP contribution in [0.25, 0.3) is 0 Å². The molecule has 0 radical (unpaired) electrons. The monoisotopic (exact) mass is 156 g/mol. The third-order valence-electron chi connectivity index (χ3n) is 2.13. The van der Waals surface area contributed by atoms with Crippen LogP contribution >= 0.6 is 0 Å². The number of hydrogen-bond donors (Lipinski definition) is 0. The molecular weight excluding hydrogens is 143 g/mol. The highest BCUT2D eigenvalue weighted by molar-refractivity contribution is 5.98. The smallest absolute Gasteiger partial charge is 0.158 e. The molecule has 1 aliphatic carbocycles. The summed E-state index contributed by atoms with van der Waals surface area (Å²) in [6.45, 7) is 3.33. The van der Waals surface area contributed by atoms with Gasteiger partial charge in [-0.2, -0.15) is 0 Å². The molecule has 0 fully saturated rings. The van der Waals surface area contributed by atoms with E-state index in [-0.39, 0.29) is 5.78 Å². The van der Waals surface area contributed by atoms with Crippen molar-refractivity contribution in [2.75, 3.05) is 0 Å². The summed E-state index contributed by atoms with van der Waals surface area (Å²) >= 11 is 0. The van der Waals surface area contributed by atoms with Gasteiger partial charge >= 0.3 is 0 Å². The minimum atomic E-state index is -0.814. The summed E-state index contributed by atoms with van der Waals surface area (Å²) in [6, 6.07) is 0. The van der Waals surface area contributed by atoms with Crippen LogP contribution in [0.5, 0.6) is 0 Å². The van der Waals surface area contributed by atoms with Gasteiger partial charge in [0.25, 0.3) is 0 Å². The number of rotatable bonds is 2. The van der Waals surface area contributed by atoms with E-state index in [1.54, 1.807) is 6.92 Å². The summed E-state index contributed by atoms with van der Waals surface area (Å²) in [4.78, 5) is 11.0. The molecule has 0 saturated carbocycles. The molecule has 0 aromatic carbocycles. The zero-order valence-electron chi connectivity index (χ0n) is 6.98. The molecule has 0 aliphatic heterocycles. The Bertz CT molecular complexity index is 204. The molecule has 1 rings (SSSR count). The summed E-state index contributed by atoms with van der Waals surface area (Å²) in [7, 11) is 0. The van der Waals surface area contributed by atoms with Crippen molar-refractivity contribution in [3.63, 3.8) is 0 Å². The van der Waals surface area contributed by atoms with Crippen LogP contribution in [0.2, 0.25) is 0 Å². The van der Waals surface area contributed by atoms with Crippen molar-refractivity contribution in [3.8, 4) is 0 Å². The van der Waals surface area contributed by atoms with Crippen molar-refractivity contribution in [1.29, 1.82) is 0 Å². The molecule has 0 N–H and O–H groups in total. The fourth-order valence-electron chi connectivity index (χ4n) is 1.43. The van der Waals surface area contributed by atoms with E-state index < -0.39 is 6.17 Å². The van der Waals surface area contributed by atoms with E-state index in [0.29, 0.717) is 12.8 Å². The third-order valence-corrected chi connectivity index (χ3v) is 2.13. The molecule has 0 bridgehead atoms. The summed E-state index contributed by atoms with van der Waals surface area (Å²) < 4.78 is 12.5. The third kappa shape index (κ3) is 1.88. The Morgan fingerprint density at radius 1 is 1.55 bits per heavy atom. The molecular formula is C9H13FO. The average Bonchev–Trinajstić information content (AvgIpc) is 2.18. The molecule has 1 nitrogen and oxygen atoms in total. The van der Waals surface area contributed by atoms with Crippen molar-refractivity contribution in [2.45, 2.75) is 39.3 Å². The Morgan fingerprint density at radius 2 is 2.18 bits per heavy atom. The Labute approximate surface area is 66.3 Å². The molecule has 62 valence electrons. The van der Waals surface area contributed by atoms with E-state index in [1.165, 1.54) is 6.92 Å². The van der Waals surface area contributed by atoms with Crippen LogP contribution in [0.15, 0.2) is 11.1 Å². The second kappa shape index (κ2) is 3.16. The average molecular weight is 156 g/mol. The number of ketones is 1. The number of hydrogen-bond acceptors (Lipinski definition) is 1. The predicted octanol–water partition coefficient (Wildman–Crippen LogP) is 2.41. The van der Waals surface area contributed by atoms with Gasteiger partial charge in [0.05, 0.1) is 0 Å². The first kappa shape index (κ1) is 8.44. The van der Waals surface area contributed by atoms with E-state index in [0.717, 1.165) is 17.6 Å². The molecule has 0 heterocycles. The molecule has 0 aromatic heterocycles. The van der Waals surface area contributed by atoms with Gasteiger partial charge in [-0.25, -0.2) is 4.39 Å². The Hall–Kier alpha value is -0.660. The van der Waals surface area contributed by atoms with Crippen molar-refractivity contribution in [1.82, 2.24) is 0 Å². The normalized spacial score (nSPS) is 21.2. The largest absolute Gasteiger partial charge is 0.295 e. The quantitative estimate of drug-likeness (QED) is 0.600. The number of allylic oxidation sites excluding steroid dienone is 2. The fourth-order valence-corrected chi connectivity index (χ4v) is 1.43. The van der Waals surface area contributed by atoms with Gasteiger partial charge in [0.1, 0.15) is 6.17 Å². The Balaban J connectivity index is 2.64. The van der Waals surface area contributed by atoms with Crippen molar-refractivity contribution < 1.29 is 9.18 Å². The van der Waals surface area contributed by atoms with Gasteiger partial charge in [-0.1, -0.05) is 5.57 Å². The van der Waals surface area contributed by atoms with Gasteiger partial charge < -0.3 is 0 Å². The first-order chi connectivity index (χ1) is 5.11. The summed E-state index contributed by atoms with van der Waals surface area (Å²) in [5.41, 5.74) is 1.82. The van der Waals surface area contributed by atoms with Crippen LogP contribution < -0.4 is 0 Å². The van der Waals surface area contributed by atoms with Crippen molar-refractivity contribution in [3.05, 3.63) is 11.1 Å². The zero-order valence-corrected chi connectivity index (χ0v) is 6.98. The van der Waals surface area contributed by atoms with E-state index in [2.05, 4.69) is 0 Å². The second-order valence-electron chi connectivity index (χ2n) is 3.14. The first-order valence-corrected chi connectivity index (χ1v) is 3.97. The molecule has 11 heavy (non-hydrogen) atoms. The number of carbonyl (C=O) groups is 1. The lowest BCUT2D eigenvalue weighted by atomic mass is 10.1. The highest BCUT2D eigenvalue weighted by Crippen LogP contribution is 2.26. The maximum Gasteiger partial charge on any atom is 0.158 e. The minimum absolute atomic E-state index is 0.195. The van der Waals surface area contributed by atoms with Crippen LogP contribution in [0.4, 0.5) is 4.39 Å². The van der Waals surface area contributed by atoms with Crippen LogP contribution in [0.3, 0.4) is 0 Å². The maximum absolute atomic E-state index is 12.5. The summed E-state index contributed by atoms with van der Waals surface area (Å²) in [5, 5.41) is 0. The van der Waals surface area contributed by atoms with Gasteiger partial charge in [-0.3, -0.25) is 4.79 Å². The fraction of sp³-hybridized carbons (Fsp3) is 0.667.